The van der Waals surface area contributed by atoms with Gasteiger partial charge in [-0.25, -0.2) is 4.98 Å². The van der Waals surface area contributed by atoms with Gasteiger partial charge in [0, 0.05) is 12.0 Å². The van der Waals surface area contributed by atoms with Crippen molar-refractivity contribution in [2.24, 2.45) is 0 Å². The number of aromatic amines is 1. The fourth-order valence-electron chi connectivity index (χ4n) is 1.98. The maximum absolute atomic E-state index is 5.32. The van der Waals surface area contributed by atoms with Crippen LogP contribution in [0.2, 0.25) is 0 Å². The van der Waals surface area contributed by atoms with Crippen LogP contribution in [0.5, 0.6) is 0 Å². The molecule has 104 valence electrons. The summed E-state index contributed by atoms with van der Waals surface area (Å²) < 4.78 is 2.73. The highest BCUT2D eigenvalue weighted by Gasteiger charge is 2.19. The number of rotatable bonds is 4. The minimum absolute atomic E-state index is 0.288. The standard InChI is InChI=1S/C13H20N4S2/c1-6-9-10(19-12(14-9)7(2)3)11-15-16-13(18)17(11)8(4)5/h7-8H,6H2,1-5H3,(H,16,18). The van der Waals surface area contributed by atoms with Crippen LogP contribution in [-0.2, 0) is 6.42 Å². The number of hydrogen-bond donors (Lipinski definition) is 1. The van der Waals surface area contributed by atoms with Crippen LogP contribution in [0.4, 0.5) is 0 Å². The van der Waals surface area contributed by atoms with Crippen LogP contribution in [0.1, 0.15) is 57.3 Å². The summed E-state index contributed by atoms with van der Waals surface area (Å²) >= 11 is 7.05. The number of hydrogen-bond acceptors (Lipinski definition) is 4. The molecule has 0 aliphatic carbocycles. The van der Waals surface area contributed by atoms with Crippen molar-refractivity contribution in [3.63, 3.8) is 0 Å². The van der Waals surface area contributed by atoms with Gasteiger partial charge < -0.3 is 0 Å². The molecule has 2 aromatic heterocycles. The Labute approximate surface area is 122 Å². The third kappa shape index (κ3) is 2.65. The van der Waals surface area contributed by atoms with E-state index in [0.717, 1.165) is 27.8 Å². The molecule has 0 saturated carbocycles. The van der Waals surface area contributed by atoms with E-state index in [1.54, 1.807) is 11.3 Å². The van der Waals surface area contributed by atoms with Gasteiger partial charge in [-0.15, -0.1) is 11.3 Å². The molecule has 4 nitrogen and oxygen atoms in total. The first kappa shape index (κ1) is 14.4. The molecule has 0 aromatic carbocycles. The molecular weight excluding hydrogens is 276 g/mol. The minimum Gasteiger partial charge on any atom is -0.297 e. The Balaban J connectivity index is 2.61. The van der Waals surface area contributed by atoms with Crippen molar-refractivity contribution in [3.8, 4) is 10.7 Å². The summed E-state index contributed by atoms with van der Waals surface area (Å²) in [7, 11) is 0. The summed E-state index contributed by atoms with van der Waals surface area (Å²) in [5.74, 6) is 1.36. The summed E-state index contributed by atoms with van der Waals surface area (Å²) in [6.07, 6.45) is 0.913. The third-order valence-corrected chi connectivity index (χ3v) is 4.65. The predicted octanol–water partition coefficient (Wildman–Crippen LogP) is 4.33. The van der Waals surface area contributed by atoms with Crippen molar-refractivity contribution in [2.45, 2.75) is 53.0 Å². The summed E-state index contributed by atoms with van der Waals surface area (Å²) in [4.78, 5) is 5.88. The molecule has 0 atom stereocenters. The van der Waals surface area contributed by atoms with E-state index in [9.17, 15) is 0 Å². The van der Waals surface area contributed by atoms with Crippen molar-refractivity contribution in [3.05, 3.63) is 15.5 Å². The highest BCUT2D eigenvalue weighted by Crippen LogP contribution is 2.33. The topological polar surface area (TPSA) is 46.5 Å². The first-order chi connectivity index (χ1) is 8.95. The van der Waals surface area contributed by atoms with E-state index < -0.39 is 0 Å². The summed E-state index contributed by atoms with van der Waals surface area (Å²) in [6.45, 7) is 10.7. The Bertz CT molecular complexity index is 619. The highest BCUT2D eigenvalue weighted by atomic mass is 32.1. The van der Waals surface area contributed by atoms with E-state index in [1.807, 2.05) is 0 Å². The molecule has 2 heterocycles. The number of aryl methyl sites for hydroxylation is 1. The van der Waals surface area contributed by atoms with Gasteiger partial charge in [-0.1, -0.05) is 20.8 Å². The zero-order valence-electron chi connectivity index (χ0n) is 12.0. The maximum Gasteiger partial charge on any atom is 0.195 e. The highest BCUT2D eigenvalue weighted by molar-refractivity contribution is 7.71. The van der Waals surface area contributed by atoms with Gasteiger partial charge in [0.25, 0.3) is 0 Å². The second-order valence-electron chi connectivity index (χ2n) is 5.15. The fraction of sp³-hybridized carbons (Fsp3) is 0.615. The predicted molar refractivity (Wildman–Crippen MR) is 82.4 cm³/mol. The normalized spacial score (nSPS) is 11.7. The van der Waals surface area contributed by atoms with E-state index >= 15 is 0 Å². The van der Waals surface area contributed by atoms with Crippen molar-refractivity contribution in [1.29, 1.82) is 0 Å². The fourth-order valence-corrected chi connectivity index (χ4v) is 3.46. The second kappa shape index (κ2) is 5.54. The molecule has 6 heteroatoms. The Morgan fingerprint density at radius 2 is 2.00 bits per heavy atom. The van der Waals surface area contributed by atoms with Gasteiger partial charge in [0.05, 0.1) is 15.6 Å². The first-order valence-electron chi connectivity index (χ1n) is 6.62. The Morgan fingerprint density at radius 1 is 1.32 bits per heavy atom. The molecule has 0 saturated heterocycles. The van der Waals surface area contributed by atoms with E-state index in [4.69, 9.17) is 17.2 Å². The van der Waals surface area contributed by atoms with Crippen molar-refractivity contribution < 1.29 is 0 Å². The molecule has 0 fully saturated rings. The van der Waals surface area contributed by atoms with Crippen LogP contribution in [-0.4, -0.2) is 19.7 Å². The lowest BCUT2D eigenvalue weighted by Gasteiger charge is -2.09. The molecule has 0 aliphatic heterocycles. The summed E-state index contributed by atoms with van der Waals surface area (Å²) in [5, 5.41) is 8.47. The maximum atomic E-state index is 5.32. The molecule has 0 amide bonds. The number of nitrogens with zero attached hydrogens (tertiary/aromatic N) is 3. The molecule has 2 aromatic rings. The monoisotopic (exact) mass is 296 g/mol. The molecule has 1 N–H and O–H groups in total. The quantitative estimate of drug-likeness (QED) is 0.854. The van der Waals surface area contributed by atoms with Crippen molar-refractivity contribution >= 4 is 23.6 Å². The van der Waals surface area contributed by atoms with Gasteiger partial charge in [0.15, 0.2) is 10.6 Å². The lowest BCUT2D eigenvalue weighted by Crippen LogP contribution is -2.03. The number of aromatic nitrogens is 4. The SMILES string of the molecule is CCc1nc(C(C)C)sc1-c1n[nH]c(=S)n1C(C)C. The van der Waals surface area contributed by atoms with Crippen molar-refractivity contribution in [1.82, 2.24) is 19.7 Å². The zero-order valence-corrected chi connectivity index (χ0v) is 13.7. The Hall–Kier alpha value is -1.01. The molecule has 0 radical (unpaired) electrons. The first-order valence-corrected chi connectivity index (χ1v) is 7.85. The van der Waals surface area contributed by atoms with Crippen LogP contribution in [0, 0.1) is 4.77 Å². The molecule has 0 aliphatic rings. The van der Waals surface area contributed by atoms with Crippen LogP contribution in [0.15, 0.2) is 0 Å². The van der Waals surface area contributed by atoms with Crippen LogP contribution in [0.25, 0.3) is 10.7 Å². The zero-order chi connectivity index (χ0) is 14.2. The molecule has 2 rings (SSSR count). The molecule has 0 bridgehead atoms. The van der Waals surface area contributed by atoms with Gasteiger partial charge >= 0.3 is 0 Å². The van der Waals surface area contributed by atoms with Gasteiger partial charge in [0.2, 0.25) is 0 Å². The summed E-state index contributed by atoms with van der Waals surface area (Å²) in [6, 6.07) is 0.288. The van der Waals surface area contributed by atoms with Crippen LogP contribution < -0.4 is 0 Å². The number of thiazole rings is 1. The molecule has 0 spiro atoms. The minimum atomic E-state index is 0.288. The molecule has 19 heavy (non-hydrogen) atoms. The van der Waals surface area contributed by atoms with E-state index in [0.29, 0.717) is 10.7 Å². The lowest BCUT2D eigenvalue weighted by atomic mass is 10.2. The average Bonchev–Trinajstić information content (AvgIpc) is 2.91. The van der Waals surface area contributed by atoms with E-state index in [2.05, 4.69) is 49.4 Å². The Kier molecular flexibility index (Phi) is 4.20. The van der Waals surface area contributed by atoms with Crippen LogP contribution in [0.3, 0.4) is 0 Å². The number of H-pyrrole nitrogens is 1. The third-order valence-electron chi connectivity index (χ3n) is 2.97. The average molecular weight is 296 g/mol. The number of nitrogens with one attached hydrogen (secondary N) is 1. The van der Waals surface area contributed by atoms with Crippen molar-refractivity contribution in [2.75, 3.05) is 0 Å². The van der Waals surface area contributed by atoms with Gasteiger partial charge in [-0.3, -0.25) is 9.67 Å². The van der Waals surface area contributed by atoms with Gasteiger partial charge in [0.1, 0.15) is 0 Å². The molecule has 0 unspecified atom stereocenters. The summed E-state index contributed by atoms with van der Waals surface area (Å²) in [5.41, 5.74) is 1.12. The lowest BCUT2D eigenvalue weighted by molar-refractivity contribution is 0.597. The van der Waals surface area contributed by atoms with Gasteiger partial charge in [-0.05, 0) is 32.5 Å². The van der Waals surface area contributed by atoms with E-state index in [-0.39, 0.29) is 6.04 Å². The van der Waals surface area contributed by atoms with Gasteiger partial charge in [-0.2, -0.15) is 5.10 Å². The Morgan fingerprint density at radius 3 is 2.53 bits per heavy atom. The second-order valence-corrected chi connectivity index (χ2v) is 6.57. The van der Waals surface area contributed by atoms with Crippen LogP contribution >= 0.6 is 23.6 Å². The smallest absolute Gasteiger partial charge is 0.195 e. The van der Waals surface area contributed by atoms with E-state index in [1.165, 1.54) is 0 Å². The largest absolute Gasteiger partial charge is 0.297 e. The molecular formula is C13H20N4S2.